The highest BCUT2D eigenvalue weighted by Crippen LogP contribution is 2.38. The number of nitro benzene ring substituents is 1. The molecule has 0 saturated carbocycles. The van der Waals surface area contributed by atoms with Crippen LogP contribution < -0.4 is 10.7 Å². The summed E-state index contributed by atoms with van der Waals surface area (Å²) >= 11 is 1.24. The van der Waals surface area contributed by atoms with Gasteiger partial charge >= 0.3 is 17.8 Å². The Morgan fingerprint density at radius 1 is 1.28 bits per heavy atom. The maximum atomic E-state index is 12.4. The number of hydrazone groups is 1. The Morgan fingerprint density at radius 3 is 2.75 bits per heavy atom. The van der Waals surface area contributed by atoms with E-state index < -0.39 is 22.7 Å². The number of nitrogens with one attached hydrogen (secondary N) is 2. The Morgan fingerprint density at radius 2 is 2.03 bits per heavy atom. The molecule has 11 nitrogen and oxygen atoms in total. The molecule has 1 aliphatic carbocycles. The third-order valence-electron chi connectivity index (χ3n) is 4.68. The summed E-state index contributed by atoms with van der Waals surface area (Å²) in [5.74, 6) is -3.01. The van der Waals surface area contributed by atoms with Crippen molar-refractivity contribution in [2.75, 3.05) is 11.9 Å². The number of aryl methyl sites for hydroxylation is 1. The van der Waals surface area contributed by atoms with Crippen LogP contribution in [0.25, 0.3) is 0 Å². The van der Waals surface area contributed by atoms with E-state index in [0.717, 1.165) is 54.1 Å². The standard InChI is InChI=1S/C20H20N4O7S/c1-2-31-20(28)16-13-5-3-4-6-15(13)32-19(16)22-17(26)18(27)23-21-10-11-9-12(24(29)30)7-8-14(11)25/h7-10,25H,2-6H2,1H3,(H,22,26)(H,23,27). The van der Waals surface area contributed by atoms with Crippen molar-refractivity contribution in [2.24, 2.45) is 5.10 Å². The van der Waals surface area contributed by atoms with Crippen LogP contribution in [0, 0.1) is 10.1 Å². The molecule has 3 rings (SSSR count). The highest BCUT2D eigenvalue weighted by Gasteiger charge is 2.28. The van der Waals surface area contributed by atoms with Gasteiger partial charge in [-0.1, -0.05) is 0 Å². The first-order valence-electron chi connectivity index (χ1n) is 9.75. The Kier molecular flexibility index (Phi) is 7.15. The zero-order valence-corrected chi connectivity index (χ0v) is 17.9. The maximum Gasteiger partial charge on any atom is 0.341 e. The molecule has 0 aliphatic heterocycles. The van der Waals surface area contributed by atoms with Crippen molar-refractivity contribution in [1.29, 1.82) is 0 Å². The fraction of sp³-hybridized carbons (Fsp3) is 0.300. The van der Waals surface area contributed by atoms with Crippen LogP contribution in [0.2, 0.25) is 0 Å². The lowest BCUT2D eigenvalue weighted by atomic mass is 9.95. The molecule has 0 spiro atoms. The molecule has 32 heavy (non-hydrogen) atoms. The summed E-state index contributed by atoms with van der Waals surface area (Å²) in [5, 5.41) is 26.8. The van der Waals surface area contributed by atoms with E-state index in [2.05, 4.69) is 10.4 Å². The number of phenols is 1. The molecule has 12 heteroatoms. The molecule has 0 bridgehead atoms. The fourth-order valence-corrected chi connectivity index (χ4v) is 4.48. The van der Waals surface area contributed by atoms with Gasteiger partial charge in [-0.2, -0.15) is 5.10 Å². The summed E-state index contributed by atoms with van der Waals surface area (Å²) in [6.07, 6.45) is 4.35. The first kappa shape index (κ1) is 22.9. The number of hydrogen-bond donors (Lipinski definition) is 3. The van der Waals surface area contributed by atoms with Gasteiger partial charge in [-0.05, 0) is 44.2 Å². The van der Waals surface area contributed by atoms with Gasteiger partial charge in [0.25, 0.3) is 5.69 Å². The number of fused-ring (bicyclic) bond motifs is 1. The monoisotopic (exact) mass is 460 g/mol. The Labute approximate surface area is 186 Å². The van der Waals surface area contributed by atoms with E-state index in [9.17, 15) is 29.6 Å². The topological polar surface area (TPSA) is 160 Å². The lowest BCUT2D eigenvalue weighted by Crippen LogP contribution is -2.32. The Bertz CT molecular complexity index is 1110. The van der Waals surface area contributed by atoms with Crippen molar-refractivity contribution < 1.29 is 29.2 Å². The van der Waals surface area contributed by atoms with Crippen LogP contribution in [-0.2, 0) is 27.2 Å². The Hall–Kier alpha value is -3.80. The number of thiophene rings is 1. The summed E-state index contributed by atoms with van der Waals surface area (Å²) < 4.78 is 5.11. The summed E-state index contributed by atoms with van der Waals surface area (Å²) in [4.78, 5) is 48.0. The third kappa shape index (κ3) is 5.09. The summed E-state index contributed by atoms with van der Waals surface area (Å²) in [5.41, 5.74) is 2.81. The molecule has 0 unspecified atom stereocenters. The van der Waals surface area contributed by atoms with Gasteiger partial charge in [0.15, 0.2) is 0 Å². The van der Waals surface area contributed by atoms with Gasteiger partial charge in [0.05, 0.1) is 23.3 Å². The van der Waals surface area contributed by atoms with Gasteiger partial charge in [0.2, 0.25) is 0 Å². The van der Waals surface area contributed by atoms with E-state index in [-0.39, 0.29) is 34.2 Å². The number of amides is 2. The highest BCUT2D eigenvalue weighted by molar-refractivity contribution is 7.17. The minimum Gasteiger partial charge on any atom is -0.507 e. The lowest BCUT2D eigenvalue weighted by Gasteiger charge is -2.12. The number of hydrogen-bond acceptors (Lipinski definition) is 9. The summed E-state index contributed by atoms with van der Waals surface area (Å²) in [6, 6.07) is 3.29. The molecule has 3 N–H and O–H groups in total. The molecule has 2 amide bonds. The van der Waals surface area contributed by atoms with Crippen LogP contribution in [-0.4, -0.2) is 40.6 Å². The van der Waals surface area contributed by atoms with Gasteiger partial charge in [0.1, 0.15) is 10.8 Å². The van der Waals surface area contributed by atoms with E-state index in [0.29, 0.717) is 6.42 Å². The molecule has 1 aromatic carbocycles. The number of carbonyl (C=O) groups is 3. The molecular weight excluding hydrogens is 440 g/mol. The zero-order valence-electron chi connectivity index (χ0n) is 17.0. The number of esters is 1. The highest BCUT2D eigenvalue weighted by atomic mass is 32.1. The number of rotatable bonds is 6. The minimum absolute atomic E-state index is 0.0181. The van der Waals surface area contributed by atoms with Crippen molar-refractivity contribution in [3.8, 4) is 5.75 Å². The third-order valence-corrected chi connectivity index (χ3v) is 5.88. The number of benzene rings is 1. The number of aromatic hydroxyl groups is 1. The van der Waals surface area contributed by atoms with Crippen molar-refractivity contribution >= 4 is 46.0 Å². The van der Waals surface area contributed by atoms with E-state index in [4.69, 9.17) is 4.74 Å². The van der Waals surface area contributed by atoms with Crippen molar-refractivity contribution in [2.45, 2.75) is 32.6 Å². The number of phenolic OH excluding ortho intramolecular Hbond substituents is 1. The predicted octanol–water partition coefficient (Wildman–Crippen LogP) is 2.51. The quantitative estimate of drug-likeness (QED) is 0.196. The molecule has 0 saturated heterocycles. The van der Waals surface area contributed by atoms with Gasteiger partial charge < -0.3 is 15.2 Å². The minimum atomic E-state index is -1.12. The van der Waals surface area contributed by atoms with Crippen LogP contribution in [0.5, 0.6) is 5.75 Å². The first-order chi connectivity index (χ1) is 15.3. The van der Waals surface area contributed by atoms with Crippen LogP contribution in [0.4, 0.5) is 10.7 Å². The van der Waals surface area contributed by atoms with Crippen molar-refractivity contribution in [1.82, 2.24) is 5.43 Å². The van der Waals surface area contributed by atoms with Crippen LogP contribution in [0.15, 0.2) is 23.3 Å². The number of carbonyl (C=O) groups excluding carboxylic acids is 3. The second-order valence-electron chi connectivity index (χ2n) is 6.79. The number of ether oxygens (including phenoxy) is 1. The first-order valence-corrected chi connectivity index (χ1v) is 10.6. The van der Waals surface area contributed by atoms with Gasteiger partial charge in [-0.15, -0.1) is 11.3 Å². The van der Waals surface area contributed by atoms with Crippen molar-refractivity contribution in [3.63, 3.8) is 0 Å². The second-order valence-corrected chi connectivity index (χ2v) is 7.89. The normalized spacial score (nSPS) is 12.8. The molecular formula is C20H20N4O7S. The van der Waals surface area contributed by atoms with Crippen molar-refractivity contribution in [3.05, 3.63) is 49.9 Å². The zero-order chi connectivity index (χ0) is 23.3. The molecule has 168 valence electrons. The molecule has 0 fully saturated rings. The number of anilines is 1. The van der Waals surface area contributed by atoms with Gasteiger partial charge in [-0.3, -0.25) is 19.7 Å². The fourth-order valence-electron chi connectivity index (χ4n) is 3.20. The average Bonchev–Trinajstić information content (AvgIpc) is 3.12. The largest absolute Gasteiger partial charge is 0.507 e. The van der Waals surface area contributed by atoms with Crippen LogP contribution >= 0.6 is 11.3 Å². The van der Waals surface area contributed by atoms with Gasteiger partial charge in [-0.25, -0.2) is 10.2 Å². The van der Waals surface area contributed by atoms with E-state index in [1.54, 1.807) is 6.92 Å². The Balaban J connectivity index is 1.71. The molecule has 1 aromatic heterocycles. The van der Waals surface area contributed by atoms with Crippen LogP contribution in [0.3, 0.4) is 0 Å². The number of non-ortho nitro benzene ring substituents is 1. The molecule has 0 radical (unpaired) electrons. The predicted molar refractivity (Wildman–Crippen MR) is 116 cm³/mol. The van der Waals surface area contributed by atoms with Gasteiger partial charge in [0, 0.05) is 22.6 Å². The van der Waals surface area contributed by atoms with E-state index in [1.807, 2.05) is 5.43 Å². The number of nitrogens with zero attached hydrogens (tertiary/aromatic N) is 2. The summed E-state index contributed by atoms with van der Waals surface area (Å²) in [7, 11) is 0. The lowest BCUT2D eigenvalue weighted by molar-refractivity contribution is -0.384. The van der Waals surface area contributed by atoms with E-state index in [1.165, 1.54) is 11.3 Å². The average molecular weight is 460 g/mol. The smallest absolute Gasteiger partial charge is 0.341 e. The SMILES string of the molecule is CCOC(=O)c1c(NC(=O)C(=O)NN=Cc2cc([N+](=O)[O-])ccc2O)sc2c1CCCC2. The second kappa shape index (κ2) is 10.0. The maximum absolute atomic E-state index is 12.4. The number of nitro groups is 1. The molecule has 0 atom stereocenters. The van der Waals surface area contributed by atoms with E-state index >= 15 is 0 Å². The molecule has 2 aromatic rings. The molecule has 1 aliphatic rings. The summed E-state index contributed by atoms with van der Waals surface area (Å²) in [6.45, 7) is 1.86. The van der Waals surface area contributed by atoms with Crippen LogP contribution in [0.1, 0.15) is 46.1 Å². The molecule has 1 heterocycles.